The van der Waals surface area contributed by atoms with Crippen LogP contribution in [0.4, 0.5) is 0 Å². The quantitative estimate of drug-likeness (QED) is 0.191. The fourth-order valence-electron chi connectivity index (χ4n) is 4.71. The van der Waals surface area contributed by atoms with E-state index < -0.39 is 6.04 Å². The van der Waals surface area contributed by atoms with Gasteiger partial charge in [0, 0.05) is 11.6 Å². The zero-order chi connectivity index (χ0) is 27.2. The number of carbonyl (C=O) groups is 1. The van der Waals surface area contributed by atoms with Crippen LogP contribution in [0.2, 0.25) is 10.0 Å². The highest BCUT2D eigenvalue weighted by atomic mass is 35.5. The molecule has 0 aliphatic rings. The lowest BCUT2D eigenvalue weighted by Gasteiger charge is -2.33. The number of para-hydroxylation sites is 3. The van der Waals surface area contributed by atoms with Crippen molar-refractivity contribution in [2.75, 3.05) is 13.7 Å². The topological polar surface area (TPSA) is 64.4 Å². The first-order valence-corrected chi connectivity index (χ1v) is 13.6. The molecule has 0 aliphatic carbocycles. The van der Waals surface area contributed by atoms with Crippen LogP contribution in [-0.2, 0) is 0 Å². The van der Waals surface area contributed by atoms with Crippen LogP contribution in [0.5, 0.6) is 5.75 Å². The van der Waals surface area contributed by atoms with Crippen molar-refractivity contribution in [1.82, 2.24) is 14.5 Å². The van der Waals surface area contributed by atoms with Gasteiger partial charge in [0.15, 0.2) is 0 Å². The third-order valence-corrected chi connectivity index (χ3v) is 7.16. The van der Waals surface area contributed by atoms with E-state index in [1.165, 1.54) is 0 Å². The standard InChI is InChI=1S/C30H31Cl2N3O3/c1-4-6-11-18-34(29(36)21-17-16-20(31)19-23(21)32)25(5-2)28-33-24-13-8-7-12-22(24)30(37)35(28)26-14-9-10-15-27(26)38-3/h7-10,12-17,19,25H,4-6,11,18H2,1-3H3. The highest BCUT2D eigenvalue weighted by molar-refractivity contribution is 6.36. The van der Waals surface area contributed by atoms with E-state index in [2.05, 4.69) is 6.92 Å². The lowest BCUT2D eigenvalue weighted by Crippen LogP contribution is -2.39. The van der Waals surface area contributed by atoms with Crippen molar-refractivity contribution in [3.05, 3.63) is 98.5 Å². The summed E-state index contributed by atoms with van der Waals surface area (Å²) < 4.78 is 7.20. The van der Waals surface area contributed by atoms with Crippen molar-refractivity contribution in [1.29, 1.82) is 0 Å². The molecule has 4 rings (SSSR count). The molecule has 3 aromatic carbocycles. The highest BCUT2D eigenvalue weighted by Crippen LogP contribution is 2.32. The van der Waals surface area contributed by atoms with Gasteiger partial charge < -0.3 is 9.64 Å². The molecule has 1 heterocycles. The van der Waals surface area contributed by atoms with Crippen LogP contribution < -0.4 is 10.3 Å². The van der Waals surface area contributed by atoms with Crippen molar-refractivity contribution in [3.8, 4) is 11.4 Å². The van der Waals surface area contributed by atoms with E-state index in [1.54, 1.807) is 46.9 Å². The number of unbranched alkanes of at least 4 members (excludes halogenated alkanes) is 2. The SMILES string of the molecule is CCCCCN(C(=O)c1ccc(Cl)cc1Cl)C(CC)c1nc2ccccc2c(=O)n1-c1ccccc1OC. The van der Waals surface area contributed by atoms with Gasteiger partial charge in [-0.3, -0.25) is 14.2 Å². The number of rotatable bonds is 10. The number of halogens is 2. The summed E-state index contributed by atoms with van der Waals surface area (Å²) in [7, 11) is 1.57. The maximum atomic E-state index is 14.0. The van der Waals surface area contributed by atoms with Crippen LogP contribution in [0, 0.1) is 0 Å². The van der Waals surface area contributed by atoms with Gasteiger partial charge in [0.25, 0.3) is 11.5 Å². The van der Waals surface area contributed by atoms with E-state index in [9.17, 15) is 9.59 Å². The Balaban J connectivity index is 1.96. The van der Waals surface area contributed by atoms with E-state index in [0.717, 1.165) is 19.3 Å². The number of benzene rings is 3. The number of amides is 1. The van der Waals surface area contributed by atoms with E-state index in [1.807, 2.05) is 43.3 Å². The molecule has 4 aromatic rings. The first-order chi connectivity index (χ1) is 18.4. The molecule has 0 bridgehead atoms. The predicted octanol–water partition coefficient (Wildman–Crippen LogP) is 7.48. The van der Waals surface area contributed by atoms with Crippen molar-refractivity contribution in [2.24, 2.45) is 0 Å². The molecule has 1 amide bonds. The molecule has 1 unspecified atom stereocenters. The average molecular weight is 553 g/mol. The van der Waals surface area contributed by atoms with Crippen LogP contribution in [-0.4, -0.2) is 34.0 Å². The van der Waals surface area contributed by atoms with Gasteiger partial charge in [-0.1, -0.05) is 74.2 Å². The smallest absolute Gasteiger partial charge is 0.266 e. The Morgan fingerprint density at radius 1 is 1.03 bits per heavy atom. The van der Waals surface area contributed by atoms with E-state index in [0.29, 0.717) is 51.7 Å². The van der Waals surface area contributed by atoms with Gasteiger partial charge in [-0.2, -0.15) is 0 Å². The van der Waals surface area contributed by atoms with Crippen molar-refractivity contribution in [3.63, 3.8) is 0 Å². The maximum absolute atomic E-state index is 14.0. The van der Waals surface area contributed by atoms with Crippen LogP contribution in [0.3, 0.4) is 0 Å². The third-order valence-electron chi connectivity index (χ3n) is 6.61. The second kappa shape index (κ2) is 12.5. The second-order valence-corrected chi connectivity index (χ2v) is 9.90. The van der Waals surface area contributed by atoms with Crippen molar-refractivity contribution < 1.29 is 9.53 Å². The minimum Gasteiger partial charge on any atom is -0.495 e. The molecule has 8 heteroatoms. The molecule has 0 saturated carbocycles. The number of fused-ring (bicyclic) bond motifs is 1. The summed E-state index contributed by atoms with van der Waals surface area (Å²) >= 11 is 12.6. The van der Waals surface area contributed by atoms with Gasteiger partial charge in [-0.05, 0) is 55.3 Å². The van der Waals surface area contributed by atoms with Gasteiger partial charge in [0.05, 0.1) is 40.3 Å². The number of aromatic nitrogens is 2. The number of hydrogen-bond donors (Lipinski definition) is 0. The zero-order valence-electron chi connectivity index (χ0n) is 21.8. The van der Waals surface area contributed by atoms with Crippen molar-refractivity contribution >= 4 is 40.0 Å². The van der Waals surface area contributed by atoms with Crippen LogP contribution in [0.25, 0.3) is 16.6 Å². The average Bonchev–Trinajstić information content (AvgIpc) is 2.92. The van der Waals surface area contributed by atoms with E-state index in [4.69, 9.17) is 32.9 Å². The molecule has 0 radical (unpaired) electrons. The van der Waals surface area contributed by atoms with Gasteiger partial charge in [0.1, 0.15) is 11.6 Å². The molecule has 6 nitrogen and oxygen atoms in total. The van der Waals surface area contributed by atoms with E-state index >= 15 is 0 Å². The molecule has 0 aliphatic heterocycles. The van der Waals surface area contributed by atoms with Crippen LogP contribution in [0.15, 0.2) is 71.5 Å². The Bertz CT molecular complexity index is 1500. The largest absolute Gasteiger partial charge is 0.495 e. The normalized spacial score (nSPS) is 11.9. The zero-order valence-corrected chi connectivity index (χ0v) is 23.3. The minimum atomic E-state index is -0.506. The Hall–Kier alpha value is -3.35. The summed E-state index contributed by atoms with van der Waals surface area (Å²) in [4.78, 5) is 34.8. The first kappa shape index (κ1) is 27.7. The predicted molar refractivity (Wildman–Crippen MR) is 154 cm³/mol. The monoisotopic (exact) mass is 551 g/mol. The van der Waals surface area contributed by atoms with Gasteiger partial charge in [-0.25, -0.2) is 4.98 Å². The summed E-state index contributed by atoms with van der Waals surface area (Å²) in [5.74, 6) is 0.770. The lowest BCUT2D eigenvalue weighted by atomic mass is 10.1. The van der Waals surface area contributed by atoms with Gasteiger partial charge in [-0.15, -0.1) is 0 Å². The summed E-state index contributed by atoms with van der Waals surface area (Å²) in [6, 6.07) is 18.9. The highest BCUT2D eigenvalue weighted by Gasteiger charge is 2.31. The van der Waals surface area contributed by atoms with E-state index in [-0.39, 0.29) is 16.5 Å². The maximum Gasteiger partial charge on any atom is 0.266 e. The fourth-order valence-corrected chi connectivity index (χ4v) is 5.20. The summed E-state index contributed by atoms with van der Waals surface area (Å²) in [6.07, 6.45) is 3.29. The number of methoxy groups -OCH3 is 1. The molecule has 38 heavy (non-hydrogen) atoms. The Morgan fingerprint density at radius 3 is 2.47 bits per heavy atom. The number of ether oxygens (including phenoxy) is 1. The molecule has 1 atom stereocenters. The summed E-state index contributed by atoms with van der Waals surface area (Å²) in [5, 5.41) is 1.23. The molecule has 0 fully saturated rings. The first-order valence-electron chi connectivity index (χ1n) is 12.8. The minimum absolute atomic E-state index is 0.223. The van der Waals surface area contributed by atoms with Crippen molar-refractivity contribution in [2.45, 2.75) is 45.6 Å². The molecule has 1 aromatic heterocycles. The molecular formula is C30H31Cl2N3O3. The Morgan fingerprint density at radius 2 is 1.76 bits per heavy atom. The molecule has 0 N–H and O–H groups in total. The molecule has 198 valence electrons. The fraction of sp³-hybridized carbons (Fsp3) is 0.300. The molecular weight excluding hydrogens is 521 g/mol. The number of nitrogens with zero attached hydrogens (tertiary/aromatic N) is 3. The lowest BCUT2D eigenvalue weighted by molar-refractivity contribution is 0.0655. The van der Waals surface area contributed by atoms with Crippen LogP contribution >= 0.6 is 23.2 Å². The number of carbonyl (C=O) groups excluding carboxylic acids is 1. The second-order valence-electron chi connectivity index (χ2n) is 9.05. The summed E-state index contributed by atoms with van der Waals surface area (Å²) in [5.41, 5.74) is 1.27. The molecule has 0 spiro atoms. The Labute approximate surface area is 232 Å². The third kappa shape index (κ3) is 5.57. The van der Waals surface area contributed by atoms with Crippen LogP contribution in [0.1, 0.15) is 61.8 Å². The number of hydrogen-bond acceptors (Lipinski definition) is 4. The summed E-state index contributed by atoms with van der Waals surface area (Å²) in [6.45, 7) is 4.59. The molecule has 0 saturated heterocycles. The van der Waals surface area contributed by atoms with Gasteiger partial charge in [0.2, 0.25) is 0 Å². The van der Waals surface area contributed by atoms with Gasteiger partial charge >= 0.3 is 0 Å². The Kier molecular flexibility index (Phi) is 9.08.